The second-order valence-electron chi connectivity index (χ2n) is 2.63. The van der Waals surface area contributed by atoms with Crippen LogP contribution in [0.2, 0.25) is 0 Å². The second kappa shape index (κ2) is 4.09. The van der Waals surface area contributed by atoms with Gasteiger partial charge in [-0.2, -0.15) is 5.10 Å². The topological polar surface area (TPSA) is 43.8 Å². The molecule has 5 heteroatoms. The molecule has 3 nitrogen and oxygen atoms in total. The standard InChI is InChI=1S/C8H11N3S.ClH/c1-2-11-7-3-6(4-9)12-8(7)5-10-11;/h3,5H,2,4,9H2,1H3;1H/p-1. The summed E-state index contributed by atoms with van der Waals surface area (Å²) in [6.45, 7) is 3.64. The third-order valence-electron chi connectivity index (χ3n) is 1.88. The highest BCUT2D eigenvalue weighted by molar-refractivity contribution is 7.19. The van der Waals surface area contributed by atoms with Crippen LogP contribution in [0.5, 0.6) is 0 Å². The summed E-state index contributed by atoms with van der Waals surface area (Å²) < 4.78 is 3.22. The summed E-state index contributed by atoms with van der Waals surface area (Å²) in [5.74, 6) is 0. The van der Waals surface area contributed by atoms with E-state index in [0.29, 0.717) is 6.54 Å². The molecule has 0 aliphatic heterocycles. The number of halogens is 1. The van der Waals surface area contributed by atoms with Crippen LogP contribution in [0.3, 0.4) is 0 Å². The summed E-state index contributed by atoms with van der Waals surface area (Å²) in [5, 5.41) is 4.24. The van der Waals surface area contributed by atoms with Crippen LogP contribution in [0, 0.1) is 0 Å². The number of rotatable bonds is 2. The van der Waals surface area contributed by atoms with Gasteiger partial charge in [-0.15, -0.1) is 11.3 Å². The van der Waals surface area contributed by atoms with Gasteiger partial charge in [-0.05, 0) is 13.0 Å². The molecule has 0 saturated heterocycles. The van der Waals surface area contributed by atoms with Gasteiger partial charge in [0.15, 0.2) is 0 Å². The molecule has 0 aromatic carbocycles. The van der Waals surface area contributed by atoms with Gasteiger partial charge in [-0.25, -0.2) is 0 Å². The number of nitrogens with two attached hydrogens (primary N) is 1. The van der Waals surface area contributed by atoms with Crippen LogP contribution >= 0.6 is 11.3 Å². The monoisotopic (exact) mass is 216 g/mol. The molecular weight excluding hydrogens is 206 g/mol. The number of hydrogen-bond acceptors (Lipinski definition) is 3. The predicted octanol–water partition coefficient (Wildman–Crippen LogP) is -1.42. The van der Waals surface area contributed by atoms with Crippen LogP contribution in [-0.4, -0.2) is 9.78 Å². The minimum absolute atomic E-state index is 0. The summed E-state index contributed by atoms with van der Waals surface area (Å²) in [7, 11) is 0. The van der Waals surface area contributed by atoms with E-state index in [9.17, 15) is 0 Å². The molecular formula is C8H11ClN3S-. The van der Waals surface area contributed by atoms with Gasteiger partial charge < -0.3 is 18.1 Å². The molecule has 2 N–H and O–H groups in total. The minimum Gasteiger partial charge on any atom is -1.00 e. The SMILES string of the molecule is CCn1ncc2sc(CN)cc21.[Cl-]. The number of aryl methyl sites for hydroxylation is 1. The molecule has 0 bridgehead atoms. The quantitative estimate of drug-likeness (QED) is 0.670. The van der Waals surface area contributed by atoms with E-state index < -0.39 is 0 Å². The molecule has 0 aliphatic carbocycles. The molecule has 0 saturated carbocycles. The van der Waals surface area contributed by atoms with Crippen molar-refractivity contribution in [3.05, 3.63) is 17.1 Å². The minimum atomic E-state index is 0. The fraction of sp³-hybridized carbons (Fsp3) is 0.375. The van der Waals surface area contributed by atoms with Crippen LogP contribution in [-0.2, 0) is 13.1 Å². The summed E-state index contributed by atoms with van der Waals surface area (Å²) in [6.07, 6.45) is 1.91. The van der Waals surface area contributed by atoms with Gasteiger partial charge in [0.25, 0.3) is 0 Å². The lowest BCUT2D eigenvalue weighted by Gasteiger charge is -1.93. The third kappa shape index (κ3) is 1.70. The lowest BCUT2D eigenvalue weighted by atomic mass is 10.4. The molecule has 2 rings (SSSR count). The van der Waals surface area contributed by atoms with E-state index in [1.165, 1.54) is 15.1 Å². The maximum absolute atomic E-state index is 5.55. The van der Waals surface area contributed by atoms with Gasteiger partial charge in [-0.1, -0.05) is 0 Å². The van der Waals surface area contributed by atoms with E-state index in [0.717, 1.165) is 6.54 Å². The molecule has 0 fully saturated rings. The maximum Gasteiger partial charge on any atom is 0.0793 e. The first kappa shape index (κ1) is 10.5. The number of hydrogen-bond donors (Lipinski definition) is 1. The highest BCUT2D eigenvalue weighted by atomic mass is 35.5. The Hall–Kier alpha value is -0.580. The Morgan fingerprint density at radius 2 is 2.38 bits per heavy atom. The lowest BCUT2D eigenvalue weighted by Crippen LogP contribution is -3.00. The van der Waals surface area contributed by atoms with Crippen molar-refractivity contribution in [1.29, 1.82) is 0 Å². The summed E-state index contributed by atoms with van der Waals surface area (Å²) in [5.41, 5.74) is 6.76. The lowest BCUT2D eigenvalue weighted by molar-refractivity contribution is -0.00000253. The molecule has 13 heavy (non-hydrogen) atoms. The average Bonchev–Trinajstić information content (AvgIpc) is 2.61. The van der Waals surface area contributed by atoms with Crippen LogP contribution in [0.25, 0.3) is 10.2 Å². The number of aromatic nitrogens is 2. The Bertz CT molecular complexity index is 393. The highest BCUT2D eigenvalue weighted by Gasteiger charge is 2.04. The molecule has 0 aliphatic rings. The summed E-state index contributed by atoms with van der Waals surface area (Å²) in [4.78, 5) is 1.23. The van der Waals surface area contributed by atoms with Crippen molar-refractivity contribution in [1.82, 2.24) is 9.78 Å². The van der Waals surface area contributed by atoms with E-state index in [2.05, 4.69) is 18.1 Å². The van der Waals surface area contributed by atoms with Gasteiger partial charge in [0.1, 0.15) is 0 Å². The van der Waals surface area contributed by atoms with Crippen LogP contribution in [0.1, 0.15) is 11.8 Å². The Morgan fingerprint density at radius 3 is 3.00 bits per heavy atom. The first-order chi connectivity index (χ1) is 5.85. The van der Waals surface area contributed by atoms with E-state index in [-0.39, 0.29) is 12.4 Å². The van der Waals surface area contributed by atoms with E-state index >= 15 is 0 Å². The molecule has 0 spiro atoms. The highest BCUT2D eigenvalue weighted by Crippen LogP contribution is 2.24. The number of fused-ring (bicyclic) bond motifs is 1. The maximum atomic E-state index is 5.55. The molecule has 0 unspecified atom stereocenters. The summed E-state index contributed by atoms with van der Waals surface area (Å²) in [6, 6.07) is 2.12. The van der Waals surface area contributed by atoms with Crippen molar-refractivity contribution in [2.24, 2.45) is 5.73 Å². The van der Waals surface area contributed by atoms with Gasteiger partial charge in [0.2, 0.25) is 0 Å². The molecule has 0 amide bonds. The number of thiophene rings is 1. The zero-order chi connectivity index (χ0) is 8.55. The Balaban J connectivity index is 0.000000845. The van der Waals surface area contributed by atoms with E-state index in [1.807, 2.05) is 10.9 Å². The summed E-state index contributed by atoms with van der Waals surface area (Å²) >= 11 is 1.73. The molecule has 2 aromatic rings. The fourth-order valence-corrected chi connectivity index (χ4v) is 2.18. The van der Waals surface area contributed by atoms with Crippen LogP contribution in [0.4, 0.5) is 0 Å². The van der Waals surface area contributed by atoms with Crippen molar-refractivity contribution in [2.75, 3.05) is 0 Å². The normalized spacial score (nSPS) is 10.3. The van der Waals surface area contributed by atoms with Crippen LogP contribution in [0.15, 0.2) is 12.3 Å². The zero-order valence-electron chi connectivity index (χ0n) is 7.33. The smallest absolute Gasteiger partial charge is 0.0793 e. The Kier molecular flexibility index (Phi) is 3.30. The Morgan fingerprint density at radius 1 is 1.62 bits per heavy atom. The Labute approximate surface area is 86.9 Å². The second-order valence-corrected chi connectivity index (χ2v) is 3.79. The molecule has 0 atom stereocenters. The van der Waals surface area contributed by atoms with Crippen molar-refractivity contribution in [2.45, 2.75) is 20.0 Å². The van der Waals surface area contributed by atoms with Crippen molar-refractivity contribution >= 4 is 21.6 Å². The number of nitrogens with zero attached hydrogens (tertiary/aromatic N) is 2. The third-order valence-corrected chi connectivity index (χ3v) is 2.97. The van der Waals surface area contributed by atoms with E-state index in [1.54, 1.807) is 11.3 Å². The zero-order valence-corrected chi connectivity index (χ0v) is 8.90. The van der Waals surface area contributed by atoms with Gasteiger partial charge in [0.05, 0.1) is 16.4 Å². The fourth-order valence-electron chi connectivity index (χ4n) is 1.28. The first-order valence-corrected chi connectivity index (χ1v) is 4.81. The van der Waals surface area contributed by atoms with Crippen molar-refractivity contribution in [3.63, 3.8) is 0 Å². The van der Waals surface area contributed by atoms with Gasteiger partial charge in [-0.3, -0.25) is 4.68 Å². The van der Waals surface area contributed by atoms with Crippen LogP contribution < -0.4 is 18.1 Å². The predicted molar refractivity (Wildman–Crippen MR) is 51.2 cm³/mol. The largest absolute Gasteiger partial charge is 1.00 e. The molecule has 72 valence electrons. The molecule has 2 heterocycles. The van der Waals surface area contributed by atoms with Crippen molar-refractivity contribution < 1.29 is 12.4 Å². The molecule has 2 aromatic heterocycles. The van der Waals surface area contributed by atoms with E-state index in [4.69, 9.17) is 5.73 Å². The molecule has 0 radical (unpaired) electrons. The van der Waals surface area contributed by atoms with Crippen molar-refractivity contribution in [3.8, 4) is 0 Å². The average molecular weight is 217 g/mol. The first-order valence-electron chi connectivity index (χ1n) is 3.99. The van der Waals surface area contributed by atoms with Gasteiger partial charge in [0, 0.05) is 18.0 Å². The van der Waals surface area contributed by atoms with Gasteiger partial charge >= 0.3 is 0 Å².